The molecule has 2 aromatic heterocycles. The molecule has 1 unspecified atom stereocenters. The molecule has 1 fully saturated rings. The number of aryl methyl sites for hydroxylation is 1. The van der Waals surface area contributed by atoms with Crippen molar-refractivity contribution >= 4 is 23.3 Å². The van der Waals surface area contributed by atoms with Gasteiger partial charge in [-0.3, -0.25) is 0 Å². The minimum Gasteiger partial charge on any atom is -0.347 e. The van der Waals surface area contributed by atoms with Gasteiger partial charge >= 0.3 is 0 Å². The molecule has 1 aliphatic heterocycles. The lowest BCUT2D eigenvalue weighted by Crippen LogP contribution is -2.12. The molecule has 0 saturated carbocycles. The average molecular weight is 389 g/mol. The van der Waals surface area contributed by atoms with E-state index >= 15 is 0 Å². The standard InChI is InChI=1S/C21H28N4O.ClH/c1-2-3-4-5-6-14-25-15-12-16-17(9-7-11-19(16)25)20-23-21(26-24-20)18-10-8-13-22-18;/h7,9,11-12,15,18,22H,2-6,8,10,13-14H2,1H3;1H. The van der Waals surface area contributed by atoms with E-state index in [1.54, 1.807) is 0 Å². The van der Waals surface area contributed by atoms with Crippen molar-refractivity contribution in [3.05, 3.63) is 36.4 Å². The van der Waals surface area contributed by atoms with Crippen LogP contribution in [0.4, 0.5) is 0 Å². The summed E-state index contributed by atoms with van der Waals surface area (Å²) in [5, 5.41) is 8.87. The van der Waals surface area contributed by atoms with E-state index in [0.29, 0.717) is 11.7 Å². The second-order valence-corrected chi connectivity index (χ2v) is 7.27. The highest BCUT2D eigenvalue weighted by Crippen LogP contribution is 2.30. The monoisotopic (exact) mass is 388 g/mol. The number of halogens is 1. The molecule has 1 aromatic carbocycles. The smallest absolute Gasteiger partial charge is 0.244 e. The fraction of sp³-hybridized carbons (Fsp3) is 0.524. The maximum absolute atomic E-state index is 5.53. The lowest BCUT2D eigenvalue weighted by atomic mass is 10.1. The second-order valence-electron chi connectivity index (χ2n) is 7.27. The van der Waals surface area contributed by atoms with Crippen LogP contribution in [0, 0.1) is 0 Å². The molecule has 0 radical (unpaired) electrons. The molecule has 0 spiro atoms. The lowest BCUT2D eigenvalue weighted by molar-refractivity contribution is 0.345. The first-order valence-electron chi connectivity index (χ1n) is 10.0. The summed E-state index contributed by atoms with van der Waals surface area (Å²) in [6, 6.07) is 8.76. The van der Waals surface area contributed by atoms with Gasteiger partial charge in [-0.2, -0.15) is 4.98 Å². The Morgan fingerprint density at radius 3 is 2.89 bits per heavy atom. The Morgan fingerprint density at radius 1 is 1.19 bits per heavy atom. The third kappa shape index (κ3) is 4.36. The third-order valence-corrected chi connectivity index (χ3v) is 5.36. The SMILES string of the molecule is CCCCCCCn1ccc2c(-c3noc(C4CCCN4)n3)cccc21.Cl. The largest absolute Gasteiger partial charge is 0.347 e. The molecule has 27 heavy (non-hydrogen) atoms. The quantitative estimate of drug-likeness (QED) is 0.517. The molecule has 3 heterocycles. The van der Waals surface area contributed by atoms with E-state index in [-0.39, 0.29) is 18.4 Å². The van der Waals surface area contributed by atoms with Crippen molar-refractivity contribution < 1.29 is 4.52 Å². The van der Waals surface area contributed by atoms with E-state index in [0.717, 1.165) is 25.1 Å². The van der Waals surface area contributed by atoms with Crippen molar-refractivity contribution in [3.63, 3.8) is 0 Å². The first-order chi connectivity index (χ1) is 12.9. The minimum absolute atomic E-state index is 0. The van der Waals surface area contributed by atoms with Gasteiger partial charge in [-0.1, -0.05) is 49.9 Å². The van der Waals surface area contributed by atoms with Crippen molar-refractivity contribution in [3.8, 4) is 11.4 Å². The van der Waals surface area contributed by atoms with E-state index < -0.39 is 0 Å². The Hall–Kier alpha value is -1.85. The van der Waals surface area contributed by atoms with Crippen LogP contribution in [0.25, 0.3) is 22.3 Å². The van der Waals surface area contributed by atoms with Crippen molar-refractivity contribution in [2.75, 3.05) is 6.54 Å². The Bertz CT molecular complexity index is 851. The molecule has 1 aliphatic rings. The molecule has 1 saturated heterocycles. The van der Waals surface area contributed by atoms with Gasteiger partial charge in [0.2, 0.25) is 11.7 Å². The van der Waals surface area contributed by atoms with Crippen molar-refractivity contribution in [2.45, 2.75) is 64.5 Å². The zero-order valence-electron chi connectivity index (χ0n) is 16.0. The molecule has 0 aliphatic carbocycles. The highest BCUT2D eigenvalue weighted by atomic mass is 35.5. The molecule has 1 N–H and O–H groups in total. The van der Waals surface area contributed by atoms with Gasteiger partial charge in [0.15, 0.2) is 0 Å². The van der Waals surface area contributed by atoms with Crippen LogP contribution in [0.1, 0.15) is 63.8 Å². The normalized spacial score (nSPS) is 16.7. The van der Waals surface area contributed by atoms with E-state index in [4.69, 9.17) is 4.52 Å². The van der Waals surface area contributed by atoms with Gasteiger partial charge in [-0.15, -0.1) is 12.4 Å². The van der Waals surface area contributed by atoms with E-state index in [9.17, 15) is 0 Å². The highest BCUT2D eigenvalue weighted by Gasteiger charge is 2.23. The van der Waals surface area contributed by atoms with Crippen LogP contribution in [0.5, 0.6) is 0 Å². The Balaban J connectivity index is 0.00000210. The number of nitrogens with one attached hydrogen (secondary N) is 1. The summed E-state index contributed by atoms with van der Waals surface area (Å²) in [6.45, 7) is 4.35. The van der Waals surface area contributed by atoms with Gasteiger partial charge in [0.25, 0.3) is 0 Å². The zero-order chi connectivity index (χ0) is 17.8. The first kappa shape index (κ1) is 19.9. The van der Waals surface area contributed by atoms with E-state index in [2.05, 4.69) is 57.4 Å². The maximum Gasteiger partial charge on any atom is 0.244 e. The molecule has 5 nitrogen and oxygen atoms in total. The molecular weight excluding hydrogens is 360 g/mol. The molecule has 4 rings (SSSR count). The van der Waals surface area contributed by atoms with Gasteiger partial charge in [0.05, 0.1) is 6.04 Å². The number of hydrogen-bond donors (Lipinski definition) is 1. The van der Waals surface area contributed by atoms with Crippen LogP contribution in [0.3, 0.4) is 0 Å². The van der Waals surface area contributed by atoms with Gasteiger partial charge in [-0.25, -0.2) is 0 Å². The van der Waals surface area contributed by atoms with Gasteiger partial charge in [0.1, 0.15) is 0 Å². The molecule has 0 amide bonds. The van der Waals surface area contributed by atoms with Crippen LogP contribution < -0.4 is 5.32 Å². The summed E-state index contributed by atoms with van der Waals surface area (Å²) in [6.07, 6.45) is 10.9. The van der Waals surface area contributed by atoms with Crippen LogP contribution in [-0.2, 0) is 6.54 Å². The number of nitrogens with zero attached hydrogens (tertiary/aromatic N) is 3. The van der Waals surface area contributed by atoms with Crippen molar-refractivity contribution in [1.82, 2.24) is 20.0 Å². The van der Waals surface area contributed by atoms with Gasteiger partial charge < -0.3 is 14.4 Å². The first-order valence-corrected chi connectivity index (χ1v) is 10.0. The second kappa shape index (κ2) is 9.38. The summed E-state index contributed by atoms with van der Waals surface area (Å²) >= 11 is 0. The van der Waals surface area contributed by atoms with E-state index in [1.165, 1.54) is 49.4 Å². The van der Waals surface area contributed by atoms with E-state index in [1.807, 2.05) is 0 Å². The maximum atomic E-state index is 5.53. The van der Waals surface area contributed by atoms with Gasteiger partial charge in [0, 0.05) is 29.2 Å². The Morgan fingerprint density at radius 2 is 2.07 bits per heavy atom. The fourth-order valence-electron chi connectivity index (χ4n) is 3.88. The van der Waals surface area contributed by atoms with Crippen LogP contribution in [0.15, 0.2) is 35.0 Å². The minimum atomic E-state index is 0. The summed E-state index contributed by atoms with van der Waals surface area (Å²) in [5.74, 6) is 1.41. The topological polar surface area (TPSA) is 55.9 Å². The molecular formula is C21H29ClN4O. The summed E-state index contributed by atoms with van der Waals surface area (Å²) < 4.78 is 7.88. The predicted octanol–water partition coefficient (Wildman–Crippen LogP) is 5.51. The molecule has 1 atom stereocenters. The Kier molecular flexibility index (Phi) is 6.91. The van der Waals surface area contributed by atoms with Crippen LogP contribution >= 0.6 is 12.4 Å². The molecule has 3 aromatic rings. The number of hydrogen-bond acceptors (Lipinski definition) is 4. The summed E-state index contributed by atoms with van der Waals surface area (Å²) in [7, 11) is 0. The summed E-state index contributed by atoms with van der Waals surface area (Å²) in [4.78, 5) is 4.67. The number of benzene rings is 1. The molecule has 6 heteroatoms. The molecule has 146 valence electrons. The van der Waals surface area contributed by atoms with Crippen LogP contribution in [0.2, 0.25) is 0 Å². The average Bonchev–Trinajstić information content (AvgIpc) is 3.41. The Labute approximate surface area is 166 Å². The number of aromatic nitrogens is 3. The highest BCUT2D eigenvalue weighted by molar-refractivity contribution is 5.93. The van der Waals surface area contributed by atoms with Crippen molar-refractivity contribution in [2.24, 2.45) is 0 Å². The lowest BCUT2D eigenvalue weighted by Gasteiger charge is -2.06. The predicted molar refractivity (Wildman–Crippen MR) is 111 cm³/mol. The third-order valence-electron chi connectivity index (χ3n) is 5.36. The number of fused-ring (bicyclic) bond motifs is 1. The van der Waals surface area contributed by atoms with Gasteiger partial charge in [-0.05, 0) is 37.9 Å². The number of rotatable bonds is 8. The van der Waals surface area contributed by atoms with Crippen molar-refractivity contribution in [1.29, 1.82) is 0 Å². The van der Waals surface area contributed by atoms with Crippen LogP contribution in [-0.4, -0.2) is 21.3 Å². The molecule has 0 bridgehead atoms. The fourth-order valence-corrected chi connectivity index (χ4v) is 3.88. The number of unbranched alkanes of at least 4 members (excludes halogenated alkanes) is 4. The zero-order valence-corrected chi connectivity index (χ0v) is 16.8. The summed E-state index contributed by atoms with van der Waals surface area (Å²) in [5.41, 5.74) is 2.31.